The van der Waals surface area contributed by atoms with Gasteiger partial charge in [-0.05, 0) is 25.7 Å². The normalized spacial score (nSPS) is 32.0. The van der Waals surface area contributed by atoms with Gasteiger partial charge in [0, 0.05) is 18.6 Å². The first-order valence-corrected chi connectivity index (χ1v) is 10.2. The minimum Gasteiger partial charge on any atom is -0.395 e. The van der Waals surface area contributed by atoms with Gasteiger partial charge in [0.2, 0.25) is 0 Å². The van der Waals surface area contributed by atoms with E-state index in [1.165, 1.54) is 4.31 Å². The Hall–Kier alpha value is -0.220. The molecule has 0 aromatic rings. The number of nitrogens with zero attached hydrogens (tertiary/aromatic N) is 1. The summed E-state index contributed by atoms with van der Waals surface area (Å²) in [7, 11) is -6.88. The second-order valence-electron chi connectivity index (χ2n) is 5.52. The molecule has 2 fully saturated rings. The van der Waals surface area contributed by atoms with Crippen molar-refractivity contribution in [1.82, 2.24) is 9.03 Å². The van der Waals surface area contributed by atoms with Gasteiger partial charge in [-0.25, -0.2) is 8.42 Å². The third-order valence-corrected chi connectivity index (χ3v) is 7.42. The maximum absolute atomic E-state index is 12.3. The van der Waals surface area contributed by atoms with Crippen molar-refractivity contribution in [1.29, 1.82) is 0 Å². The average Bonchev–Trinajstić information content (AvgIpc) is 2.37. The lowest BCUT2D eigenvalue weighted by Crippen LogP contribution is -2.54. The van der Waals surface area contributed by atoms with Gasteiger partial charge in [0.1, 0.15) is 0 Å². The highest BCUT2D eigenvalue weighted by Gasteiger charge is 2.35. The summed E-state index contributed by atoms with van der Waals surface area (Å²) in [5, 5.41) is 9.28. The van der Waals surface area contributed by atoms with E-state index in [0.29, 0.717) is 25.8 Å². The molecule has 0 amide bonds. The predicted octanol–water partition coefficient (Wildman–Crippen LogP) is -0.755. The quantitative estimate of drug-likeness (QED) is 0.707. The van der Waals surface area contributed by atoms with Gasteiger partial charge in [0.15, 0.2) is 9.84 Å². The van der Waals surface area contributed by atoms with E-state index in [1.807, 2.05) is 0 Å². The molecule has 0 aromatic carbocycles. The second-order valence-corrected chi connectivity index (χ2v) is 9.40. The maximum Gasteiger partial charge on any atom is 0.280 e. The van der Waals surface area contributed by atoms with Crippen molar-refractivity contribution in [3.05, 3.63) is 0 Å². The van der Waals surface area contributed by atoms with E-state index in [2.05, 4.69) is 4.72 Å². The Kier molecular flexibility index (Phi) is 5.06. The standard InChI is InChI=1S/C11H22N2O5S2/c14-8-11-5-1-2-6-13(11)20(17,18)12-10-4-3-7-19(15,16)9-10/h10-12,14H,1-9H2. The summed E-state index contributed by atoms with van der Waals surface area (Å²) >= 11 is 0. The van der Waals surface area contributed by atoms with E-state index in [0.717, 1.165) is 12.8 Å². The molecule has 7 nitrogen and oxygen atoms in total. The van der Waals surface area contributed by atoms with Crippen LogP contribution in [0.25, 0.3) is 0 Å². The van der Waals surface area contributed by atoms with Gasteiger partial charge in [0.05, 0.1) is 18.1 Å². The average molecular weight is 326 g/mol. The van der Waals surface area contributed by atoms with Crippen molar-refractivity contribution >= 4 is 20.0 Å². The van der Waals surface area contributed by atoms with Crippen LogP contribution >= 0.6 is 0 Å². The summed E-state index contributed by atoms with van der Waals surface area (Å²) in [6, 6.07) is -0.957. The zero-order valence-corrected chi connectivity index (χ0v) is 13.0. The van der Waals surface area contributed by atoms with Crippen LogP contribution in [0.15, 0.2) is 0 Å². The van der Waals surface area contributed by atoms with Crippen LogP contribution in [0.2, 0.25) is 0 Å². The van der Waals surface area contributed by atoms with Crippen LogP contribution in [0, 0.1) is 0 Å². The molecule has 2 aliphatic heterocycles. The Morgan fingerprint density at radius 2 is 1.95 bits per heavy atom. The number of rotatable bonds is 4. The van der Waals surface area contributed by atoms with Gasteiger partial charge in [-0.2, -0.15) is 17.4 Å². The zero-order chi connectivity index (χ0) is 14.8. The number of hydrogen-bond acceptors (Lipinski definition) is 5. The lowest BCUT2D eigenvalue weighted by atomic mass is 10.1. The molecule has 0 radical (unpaired) electrons. The summed E-state index contributed by atoms with van der Waals surface area (Å²) in [5.41, 5.74) is 0. The minimum absolute atomic E-state index is 0.133. The highest BCUT2D eigenvalue weighted by atomic mass is 32.2. The molecule has 2 unspecified atom stereocenters. The third kappa shape index (κ3) is 3.91. The summed E-state index contributed by atoms with van der Waals surface area (Å²) in [5.74, 6) is -0.00192. The van der Waals surface area contributed by atoms with Gasteiger partial charge in [-0.15, -0.1) is 0 Å². The molecular weight excluding hydrogens is 304 g/mol. The van der Waals surface area contributed by atoms with Gasteiger partial charge >= 0.3 is 0 Å². The lowest BCUT2D eigenvalue weighted by molar-refractivity contribution is 0.153. The van der Waals surface area contributed by atoms with Crippen LogP contribution in [0.5, 0.6) is 0 Å². The molecule has 9 heteroatoms. The fourth-order valence-corrected chi connectivity index (χ4v) is 6.30. The molecule has 0 saturated carbocycles. The van der Waals surface area contributed by atoms with E-state index in [4.69, 9.17) is 0 Å². The van der Waals surface area contributed by atoms with Crippen LogP contribution in [0.1, 0.15) is 32.1 Å². The number of hydrogen-bond donors (Lipinski definition) is 2. The summed E-state index contributed by atoms with van der Waals surface area (Å²) < 4.78 is 51.6. The van der Waals surface area contributed by atoms with Gasteiger partial charge in [-0.1, -0.05) is 6.42 Å². The highest BCUT2D eigenvalue weighted by Crippen LogP contribution is 2.21. The second kappa shape index (κ2) is 6.27. The first kappa shape index (κ1) is 16.2. The van der Waals surface area contributed by atoms with E-state index < -0.39 is 32.1 Å². The van der Waals surface area contributed by atoms with Gasteiger partial charge in [0.25, 0.3) is 10.2 Å². The van der Waals surface area contributed by atoms with Crippen LogP contribution in [-0.2, 0) is 20.0 Å². The number of aliphatic hydroxyl groups excluding tert-OH is 1. The van der Waals surface area contributed by atoms with Crippen molar-refractivity contribution in [3.8, 4) is 0 Å². The first-order valence-electron chi connectivity index (χ1n) is 6.94. The molecule has 2 atom stereocenters. The van der Waals surface area contributed by atoms with Gasteiger partial charge < -0.3 is 5.11 Å². The molecule has 2 aliphatic rings. The summed E-state index contributed by atoms with van der Waals surface area (Å²) in [6.45, 7) is 0.171. The van der Waals surface area contributed by atoms with E-state index in [-0.39, 0.29) is 18.1 Å². The first-order chi connectivity index (χ1) is 9.34. The molecular formula is C11H22N2O5S2. The molecule has 2 saturated heterocycles. The Morgan fingerprint density at radius 3 is 2.60 bits per heavy atom. The van der Waals surface area contributed by atoms with Crippen molar-refractivity contribution in [3.63, 3.8) is 0 Å². The van der Waals surface area contributed by atoms with Crippen LogP contribution in [-0.4, -0.2) is 63.0 Å². The van der Waals surface area contributed by atoms with E-state index in [1.54, 1.807) is 0 Å². The monoisotopic (exact) mass is 326 g/mol. The Labute approximate surface area is 120 Å². The molecule has 2 N–H and O–H groups in total. The van der Waals surface area contributed by atoms with E-state index >= 15 is 0 Å². The maximum atomic E-state index is 12.3. The van der Waals surface area contributed by atoms with Crippen LogP contribution in [0.3, 0.4) is 0 Å². The number of aliphatic hydroxyl groups is 1. The predicted molar refractivity (Wildman–Crippen MR) is 75.2 cm³/mol. The largest absolute Gasteiger partial charge is 0.395 e. The molecule has 118 valence electrons. The fourth-order valence-electron chi connectivity index (χ4n) is 2.87. The molecule has 0 aromatic heterocycles. The smallest absolute Gasteiger partial charge is 0.280 e. The SMILES string of the molecule is O=S1(=O)CCCC(NS(=O)(=O)N2CCCCC2CO)C1. The zero-order valence-electron chi connectivity index (χ0n) is 11.4. The Balaban J connectivity index is 2.06. The number of nitrogens with one attached hydrogen (secondary N) is 1. The lowest BCUT2D eigenvalue weighted by Gasteiger charge is -2.35. The Bertz CT molecular complexity index is 531. The van der Waals surface area contributed by atoms with Gasteiger partial charge in [-0.3, -0.25) is 0 Å². The third-order valence-electron chi connectivity index (χ3n) is 3.87. The molecule has 2 rings (SSSR count). The van der Waals surface area contributed by atoms with Crippen molar-refractivity contribution in [2.75, 3.05) is 24.7 Å². The van der Waals surface area contributed by atoms with Crippen molar-refractivity contribution in [2.45, 2.75) is 44.2 Å². The van der Waals surface area contributed by atoms with E-state index in [9.17, 15) is 21.9 Å². The summed E-state index contributed by atoms with van der Waals surface area (Å²) in [4.78, 5) is 0. The minimum atomic E-state index is -3.74. The molecule has 0 spiro atoms. The summed E-state index contributed by atoms with van der Waals surface area (Å²) in [6.07, 6.45) is 3.32. The van der Waals surface area contributed by atoms with Crippen molar-refractivity contribution in [2.24, 2.45) is 0 Å². The van der Waals surface area contributed by atoms with Crippen molar-refractivity contribution < 1.29 is 21.9 Å². The molecule has 0 bridgehead atoms. The number of sulfone groups is 1. The molecule has 0 aliphatic carbocycles. The molecule has 2 heterocycles. The van der Waals surface area contributed by atoms with Crippen LogP contribution < -0.4 is 4.72 Å². The topological polar surface area (TPSA) is 104 Å². The fraction of sp³-hybridized carbons (Fsp3) is 1.00. The molecule has 20 heavy (non-hydrogen) atoms. The highest BCUT2D eigenvalue weighted by molar-refractivity contribution is 7.91. The van der Waals surface area contributed by atoms with Crippen LogP contribution in [0.4, 0.5) is 0 Å². The Morgan fingerprint density at radius 1 is 1.20 bits per heavy atom. The number of piperidine rings is 1.